The standard InChI is InChI=1S/C13H18N2O/c16-13-9-5-7-11-15(13)12-8-4-2-1-3-6-10-14-12/h5,7,9,11H,1-4,6,8,10H2. The lowest BCUT2D eigenvalue weighted by Gasteiger charge is -2.08. The Morgan fingerprint density at radius 2 is 1.88 bits per heavy atom. The van der Waals surface area contributed by atoms with Crippen molar-refractivity contribution in [2.75, 3.05) is 6.54 Å². The van der Waals surface area contributed by atoms with Crippen LogP contribution in [0.3, 0.4) is 0 Å². The highest BCUT2D eigenvalue weighted by Crippen LogP contribution is 2.10. The Labute approximate surface area is 95.8 Å². The van der Waals surface area contributed by atoms with E-state index in [1.165, 1.54) is 19.3 Å². The molecular weight excluding hydrogens is 200 g/mol. The van der Waals surface area contributed by atoms with Crippen LogP contribution in [0.4, 0.5) is 0 Å². The van der Waals surface area contributed by atoms with E-state index in [0.717, 1.165) is 31.6 Å². The second kappa shape index (κ2) is 5.64. The summed E-state index contributed by atoms with van der Waals surface area (Å²) in [5.74, 6) is 0.938. The molecule has 2 rings (SSSR count). The van der Waals surface area contributed by atoms with Gasteiger partial charge < -0.3 is 0 Å². The molecule has 2 heterocycles. The Bertz CT molecular complexity index is 420. The van der Waals surface area contributed by atoms with Crippen LogP contribution < -0.4 is 5.56 Å². The van der Waals surface area contributed by atoms with E-state index in [2.05, 4.69) is 4.99 Å². The molecule has 1 aromatic rings. The quantitative estimate of drug-likeness (QED) is 0.658. The summed E-state index contributed by atoms with van der Waals surface area (Å²) in [6, 6.07) is 5.25. The summed E-state index contributed by atoms with van der Waals surface area (Å²) < 4.78 is 1.69. The van der Waals surface area contributed by atoms with E-state index in [1.54, 1.807) is 16.7 Å². The molecule has 16 heavy (non-hydrogen) atoms. The van der Waals surface area contributed by atoms with Crippen LogP contribution in [0.2, 0.25) is 0 Å². The predicted molar refractivity (Wildman–Crippen MR) is 66.1 cm³/mol. The number of nitrogens with zero attached hydrogens (tertiary/aromatic N) is 2. The molecule has 0 unspecified atom stereocenters. The zero-order chi connectivity index (χ0) is 11.2. The number of aliphatic imine (C=N–C) groups is 1. The Balaban J connectivity index is 2.23. The van der Waals surface area contributed by atoms with Crippen molar-refractivity contribution >= 4 is 5.84 Å². The van der Waals surface area contributed by atoms with Crippen molar-refractivity contribution in [1.29, 1.82) is 0 Å². The average molecular weight is 218 g/mol. The Kier molecular flexibility index (Phi) is 3.91. The molecule has 0 radical (unpaired) electrons. The molecule has 0 spiro atoms. The normalized spacial score (nSPS) is 18.1. The van der Waals surface area contributed by atoms with Gasteiger partial charge in [-0.1, -0.05) is 25.3 Å². The molecule has 1 aromatic heterocycles. The third-order valence-electron chi connectivity index (χ3n) is 2.95. The van der Waals surface area contributed by atoms with Crippen molar-refractivity contribution in [2.24, 2.45) is 4.99 Å². The molecule has 0 saturated carbocycles. The van der Waals surface area contributed by atoms with Crippen LogP contribution in [0.5, 0.6) is 0 Å². The van der Waals surface area contributed by atoms with E-state index in [-0.39, 0.29) is 5.56 Å². The Hall–Kier alpha value is -1.38. The van der Waals surface area contributed by atoms with Gasteiger partial charge >= 0.3 is 0 Å². The molecule has 0 aliphatic carbocycles. The van der Waals surface area contributed by atoms with Crippen LogP contribution in [-0.2, 0) is 0 Å². The van der Waals surface area contributed by atoms with Gasteiger partial charge in [-0.25, -0.2) is 0 Å². The van der Waals surface area contributed by atoms with Crippen LogP contribution in [0.1, 0.15) is 38.5 Å². The number of rotatable bonds is 0. The lowest BCUT2D eigenvalue weighted by molar-refractivity contribution is 0.638. The third kappa shape index (κ3) is 2.81. The summed E-state index contributed by atoms with van der Waals surface area (Å²) >= 11 is 0. The highest BCUT2D eigenvalue weighted by Gasteiger charge is 2.05. The number of hydrogen-bond acceptors (Lipinski definition) is 2. The first kappa shape index (κ1) is 11.1. The molecule has 86 valence electrons. The smallest absolute Gasteiger partial charge is 0.255 e. The molecule has 0 bridgehead atoms. The topological polar surface area (TPSA) is 34.4 Å². The van der Waals surface area contributed by atoms with Gasteiger partial charge in [-0.3, -0.25) is 14.4 Å². The number of aromatic nitrogens is 1. The van der Waals surface area contributed by atoms with Crippen molar-refractivity contribution in [2.45, 2.75) is 38.5 Å². The lowest BCUT2D eigenvalue weighted by Crippen LogP contribution is -2.25. The zero-order valence-corrected chi connectivity index (χ0v) is 9.56. The van der Waals surface area contributed by atoms with Gasteiger partial charge in [0.15, 0.2) is 0 Å². The van der Waals surface area contributed by atoms with Crippen molar-refractivity contribution in [3.8, 4) is 0 Å². The summed E-state index contributed by atoms with van der Waals surface area (Å²) in [4.78, 5) is 16.2. The summed E-state index contributed by atoms with van der Waals surface area (Å²) in [7, 11) is 0. The maximum Gasteiger partial charge on any atom is 0.255 e. The summed E-state index contributed by atoms with van der Waals surface area (Å²) in [6.07, 6.45) is 8.84. The number of pyridine rings is 1. The average Bonchev–Trinajstić information content (AvgIpc) is 2.43. The maximum absolute atomic E-state index is 11.7. The maximum atomic E-state index is 11.7. The number of hydrogen-bond donors (Lipinski definition) is 0. The Morgan fingerprint density at radius 3 is 2.75 bits per heavy atom. The fourth-order valence-corrected chi connectivity index (χ4v) is 2.05. The lowest BCUT2D eigenvalue weighted by atomic mass is 10.1. The van der Waals surface area contributed by atoms with Crippen molar-refractivity contribution < 1.29 is 0 Å². The van der Waals surface area contributed by atoms with Crippen molar-refractivity contribution in [3.05, 3.63) is 34.7 Å². The third-order valence-corrected chi connectivity index (χ3v) is 2.95. The highest BCUT2D eigenvalue weighted by molar-refractivity contribution is 5.84. The molecule has 3 nitrogen and oxygen atoms in total. The van der Waals surface area contributed by atoms with Gasteiger partial charge in [-0.05, 0) is 18.9 Å². The van der Waals surface area contributed by atoms with Gasteiger partial charge in [0.2, 0.25) is 0 Å². The van der Waals surface area contributed by atoms with Gasteiger partial charge in [-0.2, -0.15) is 0 Å². The molecule has 0 aromatic carbocycles. The van der Waals surface area contributed by atoms with Crippen LogP contribution in [-0.4, -0.2) is 16.9 Å². The largest absolute Gasteiger partial charge is 0.272 e. The van der Waals surface area contributed by atoms with E-state index >= 15 is 0 Å². The highest BCUT2D eigenvalue weighted by atomic mass is 16.1. The molecular formula is C13H18N2O. The molecule has 0 fully saturated rings. The molecule has 0 N–H and O–H groups in total. The Morgan fingerprint density at radius 1 is 1.06 bits per heavy atom. The minimum absolute atomic E-state index is 0.0282. The summed E-state index contributed by atoms with van der Waals surface area (Å²) in [6.45, 7) is 0.858. The zero-order valence-electron chi connectivity index (χ0n) is 9.56. The van der Waals surface area contributed by atoms with E-state index < -0.39 is 0 Å². The molecule has 0 atom stereocenters. The van der Waals surface area contributed by atoms with E-state index in [4.69, 9.17) is 0 Å². The summed E-state index contributed by atoms with van der Waals surface area (Å²) in [5, 5.41) is 0. The first-order valence-corrected chi connectivity index (χ1v) is 6.09. The minimum atomic E-state index is 0.0282. The second-order valence-corrected chi connectivity index (χ2v) is 4.22. The molecule has 0 amide bonds. The first-order chi connectivity index (χ1) is 7.88. The summed E-state index contributed by atoms with van der Waals surface area (Å²) in [5.41, 5.74) is 0.0282. The van der Waals surface area contributed by atoms with Crippen molar-refractivity contribution in [1.82, 2.24) is 4.57 Å². The van der Waals surface area contributed by atoms with E-state index in [1.807, 2.05) is 12.3 Å². The van der Waals surface area contributed by atoms with Crippen LogP contribution in [0.25, 0.3) is 0 Å². The SMILES string of the molecule is O=c1ccccn1C1=NCCCCCCC1. The predicted octanol–water partition coefficient (Wildman–Crippen LogP) is 2.45. The fraction of sp³-hybridized carbons (Fsp3) is 0.538. The molecule has 1 aliphatic heterocycles. The minimum Gasteiger partial charge on any atom is -0.272 e. The fourth-order valence-electron chi connectivity index (χ4n) is 2.05. The second-order valence-electron chi connectivity index (χ2n) is 4.22. The first-order valence-electron chi connectivity index (χ1n) is 6.09. The monoisotopic (exact) mass is 218 g/mol. The molecule has 3 heteroatoms. The van der Waals surface area contributed by atoms with E-state index in [0.29, 0.717) is 0 Å². The van der Waals surface area contributed by atoms with Gasteiger partial charge in [0.25, 0.3) is 5.56 Å². The van der Waals surface area contributed by atoms with Gasteiger partial charge in [0.05, 0.1) is 0 Å². The molecule has 1 aliphatic rings. The van der Waals surface area contributed by atoms with Crippen LogP contribution >= 0.6 is 0 Å². The van der Waals surface area contributed by atoms with Gasteiger partial charge in [-0.15, -0.1) is 0 Å². The van der Waals surface area contributed by atoms with E-state index in [9.17, 15) is 4.79 Å². The van der Waals surface area contributed by atoms with Crippen LogP contribution in [0.15, 0.2) is 34.2 Å². The van der Waals surface area contributed by atoms with Crippen molar-refractivity contribution in [3.63, 3.8) is 0 Å². The van der Waals surface area contributed by atoms with Gasteiger partial charge in [0.1, 0.15) is 5.84 Å². The van der Waals surface area contributed by atoms with Crippen LogP contribution in [0, 0.1) is 0 Å². The molecule has 0 saturated heterocycles. The van der Waals surface area contributed by atoms with Gasteiger partial charge in [0, 0.05) is 25.2 Å².